The topological polar surface area (TPSA) is 158 Å². The van der Waals surface area contributed by atoms with Crippen molar-refractivity contribution in [2.24, 2.45) is 28.1 Å². The van der Waals surface area contributed by atoms with Crippen molar-refractivity contribution in [2.45, 2.75) is 44.2 Å². The molecule has 1 fully saturated rings. The second kappa shape index (κ2) is 10.8. The maximum absolute atomic E-state index is 12.2. The molecule has 1 aliphatic heterocycles. The molecule has 0 spiro atoms. The molecule has 0 aromatic rings. The lowest BCUT2D eigenvalue weighted by Gasteiger charge is -2.27. The van der Waals surface area contributed by atoms with Gasteiger partial charge in [-0.1, -0.05) is 0 Å². The Bertz CT molecular complexity index is 433. The zero-order valence-corrected chi connectivity index (χ0v) is 14.3. The zero-order chi connectivity index (χ0) is 17.9. The third kappa shape index (κ3) is 7.60. The molecule has 0 radical (unpaired) electrons. The Morgan fingerprint density at radius 1 is 1.25 bits per heavy atom. The molecule has 1 aliphatic rings. The highest BCUT2D eigenvalue weighted by atomic mass is 16.5. The van der Waals surface area contributed by atoms with Crippen LogP contribution in [0, 0.1) is 5.92 Å². The Hall–Kier alpha value is -1.87. The molecule has 1 heterocycles. The molecule has 9 heteroatoms. The number of nitrogens with two attached hydrogens (primary N) is 3. The van der Waals surface area contributed by atoms with Gasteiger partial charge in [-0.2, -0.15) is 0 Å². The zero-order valence-electron chi connectivity index (χ0n) is 14.3. The van der Waals surface area contributed by atoms with E-state index in [9.17, 15) is 9.59 Å². The van der Waals surface area contributed by atoms with Gasteiger partial charge in [-0.15, -0.1) is 0 Å². The molecule has 1 rings (SSSR count). The third-order valence-electron chi connectivity index (χ3n) is 4.09. The predicted molar refractivity (Wildman–Crippen MR) is 92.0 cm³/mol. The number of rotatable bonds is 9. The van der Waals surface area contributed by atoms with Crippen molar-refractivity contribution >= 4 is 17.8 Å². The molecule has 0 aromatic carbocycles. The van der Waals surface area contributed by atoms with E-state index >= 15 is 0 Å². The number of hydrogen-bond acceptors (Lipinski definition) is 5. The molecule has 0 aliphatic carbocycles. The summed E-state index contributed by atoms with van der Waals surface area (Å²) in [4.78, 5) is 28.1. The van der Waals surface area contributed by atoms with Crippen LogP contribution in [0.2, 0.25) is 0 Å². The predicted octanol–water partition coefficient (Wildman–Crippen LogP) is -1.59. The van der Waals surface area contributed by atoms with Crippen molar-refractivity contribution in [1.29, 1.82) is 0 Å². The van der Waals surface area contributed by atoms with Crippen molar-refractivity contribution < 1.29 is 14.3 Å². The smallest absolute Gasteiger partial charge is 0.242 e. The van der Waals surface area contributed by atoms with Crippen LogP contribution in [-0.4, -0.2) is 56.7 Å². The molecule has 2 amide bonds. The Morgan fingerprint density at radius 2 is 1.92 bits per heavy atom. The molecule has 0 aromatic heterocycles. The SMILES string of the molecule is CNC(=O)[C@H](CC1CCOCC1)NC(=O)[C@@H](N)CCCN=C(N)N. The Labute approximate surface area is 142 Å². The maximum atomic E-state index is 12.2. The summed E-state index contributed by atoms with van der Waals surface area (Å²) in [5, 5.41) is 5.35. The molecule has 138 valence electrons. The number of guanidine groups is 1. The first-order valence-electron chi connectivity index (χ1n) is 8.34. The monoisotopic (exact) mass is 342 g/mol. The summed E-state index contributed by atoms with van der Waals surface area (Å²) in [6.07, 6.45) is 3.43. The summed E-state index contributed by atoms with van der Waals surface area (Å²) in [6, 6.07) is -1.27. The van der Waals surface area contributed by atoms with E-state index in [-0.39, 0.29) is 17.8 Å². The number of nitrogens with zero attached hydrogens (tertiary/aromatic N) is 1. The van der Waals surface area contributed by atoms with E-state index in [0.717, 1.165) is 12.8 Å². The summed E-state index contributed by atoms with van der Waals surface area (Å²) in [6.45, 7) is 1.82. The highest BCUT2D eigenvalue weighted by molar-refractivity contribution is 5.89. The van der Waals surface area contributed by atoms with E-state index in [0.29, 0.717) is 44.9 Å². The number of likely N-dealkylation sites (N-methyl/N-ethyl adjacent to an activating group) is 1. The molecule has 0 saturated carbocycles. The summed E-state index contributed by atoms with van der Waals surface area (Å²) >= 11 is 0. The van der Waals surface area contributed by atoms with Crippen LogP contribution in [0.1, 0.15) is 32.1 Å². The van der Waals surface area contributed by atoms with E-state index in [4.69, 9.17) is 21.9 Å². The Morgan fingerprint density at radius 3 is 2.50 bits per heavy atom. The molecule has 1 saturated heterocycles. The minimum Gasteiger partial charge on any atom is -0.381 e. The van der Waals surface area contributed by atoms with Crippen LogP contribution in [0.4, 0.5) is 0 Å². The molecule has 24 heavy (non-hydrogen) atoms. The maximum Gasteiger partial charge on any atom is 0.242 e. The van der Waals surface area contributed by atoms with E-state index < -0.39 is 12.1 Å². The van der Waals surface area contributed by atoms with Gasteiger partial charge in [0.25, 0.3) is 0 Å². The molecule has 0 unspecified atom stereocenters. The number of amides is 2. The number of hydrogen-bond donors (Lipinski definition) is 5. The van der Waals surface area contributed by atoms with E-state index in [1.807, 2.05) is 0 Å². The van der Waals surface area contributed by atoms with Gasteiger partial charge < -0.3 is 32.6 Å². The largest absolute Gasteiger partial charge is 0.381 e. The van der Waals surface area contributed by atoms with Gasteiger partial charge in [0.1, 0.15) is 6.04 Å². The normalized spacial score (nSPS) is 17.6. The van der Waals surface area contributed by atoms with E-state index in [2.05, 4.69) is 15.6 Å². The first-order valence-corrected chi connectivity index (χ1v) is 8.34. The van der Waals surface area contributed by atoms with Crippen molar-refractivity contribution in [2.75, 3.05) is 26.8 Å². The first kappa shape index (κ1) is 20.2. The van der Waals surface area contributed by atoms with Crippen LogP contribution in [0.5, 0.6) is 0 Å². The first-order chi connectivity index (χ1) is 11.4. The van der Waals surface area contributed by atoms with Gasteiger partial charge in [0.15, 0.2) is 5.96 Å². The Kier molecular flexibility index (Phi) is 9.10. The van der Waals surface area contributed by atoms with Crippen molar-refractivity contribution in [3.8, 4) is 0 Å². The van der Waals surface area contributed by atoms with Crippen LogP contribution in [-0.2, 0) is 14.3 Å². The average molecular weight is 342 g/mol. The van der Waals surface area contributed by atoms with Crippen molar-refractivity contribution in [3.05, 3.63) is 0 Å². The van der Waals surface area contributed by atoms with E-state index in [1.165, 1.54) is 0 Å². The fraction of sp³-hybridized carbons (Fsp3) is 0.800. The number of nitrogens with one attached hydrogen (secondary N) is 2. The van der Waals surface area contributed by atoms with Gasteiger partial charge in [-0.25, -0.2) is 0 Å². The average Bonchev–Trinajstić information content (AvgIpc) is 2.57. The molecule has 0 bridgehead atoms. The van der Waals surface area contributed by atoms with Gasteiger partial charge in [0, 0.05) is 26.8 Å². The molecule has 9 nitrogen and oxygen atoms in total. The standard InChI is InChI=1S/C15H30N6O3/c1-19-14(23)12(9-10-4-7-24-8-5-10)21-13(22)11(16)3-2-6-20-15(17)18/h10-12H,2-9,16H2,1H3,(H,19,23)(H,21,22)(H4,17,18,20)/t11-,12-/m0/s1. The van der Waals surface area contributed by atoms with Gasteiger partial charge in [-0.3, -0.25) is 14.6 Å². The fourth-order valence-electron chi connectivity index (χ4n) is 2.65. The van der Waals surface area contributed by atoms with Crippen LogP contribution >= 0.6 is 0 Å². The minimum absolute atomic E-state index is 0.0177. The second-order valence-corrected chi connectivity index (χ2v) is 6.02. The second-order valence-electron chi connectivity index (χ2n) is 6.02. The lowest BCUT2D eigenvalue weighted by Crippen LogP contribution is -2.51. The fourth-order valence-corrected chi connectivity index (χ4v) is 2.65. The molecular formula is C15H30N6O3. The van der Waals surface area contributed by atoms with Crippen LogP contribution in [0.15, 0.2) is 4.99 Å². The number of ether oxygens (including phenoxy) is 1. The van der Waals surface area contributed by atoms with Gasteiger partial charge in [0.05, 0.1) is 6.04 Å². The summed E-state index contributed by atoms with van der Waals surface area (Å²) in [7, 11) is 1.56. The quantitative estimate of drug-likeness (QED) is 0.193. The van der Waals surface area contributed by atoms with Gasteiger partial charge in [0.2, 0.25) is 11.8 Å². The van der Waals surface area contributed by atoms with Crippen molar-refractivity contribution in [3.63, 3.8) is 0 Å². The number of carbonyl (C=O) groups is 2. The lowest BCUT2D eigenvalue weighted by atomic mass is 9.92. The lowest BCUT2D eigenvalue weighted by molar-refractivity contribution is -0.130. The number of carbonyl (C=O) groups excluding carboxylic acids is 2. The van der Waals surface area contributed by atoms with Crippen LogP contribution < -0.4 is 27.8 Å². The van der Waals surface area contributed by atoms with Crippen LogP contribution in [0.25, 0.3) is 0 Å². The number of aliphatic imine (C=N–C) groups is 1. The molecular weight excluding hydrogens is 312 g/mol. The summed E-state index contributed by atoms with van der Waals surface area (Å²) in [5.41, 5.74) is 16.4. The highest BCUT2D eigenvalue weighted by Crippen LogP contribution is 2.20. The summed E-state index contributed by atoms with van der Waals surface area (Å²) in [5.74, 6) is -0.161. The molecule has 8 N–H and O–H groups in total. The van der Waals surface area contributed by atoms with Gasteiger partial charge >= 0.3 is 0 Å². The third-order valence-corrected chi connectivity index (χ3v) is 4.09. The minimum atomic E-state index is -0.693. The molecule has 2 atom stereocenters. The van der Waals surface area contributed by atoms with E-state index in [1.54, 1.807) is 7.05 Å². The summed E-state index contributed by atoms with van der Waals surface area (Å²) < 4.78 is 5.32. The van der Waals surface area contributed by atoms with Crippen molar-refractivity contribution in [1.82, 2.24) is 10.6 Å². The Balaban J connectivity index is 2.47. The highest BCUT2D eigenvalue weighted by Gasteiger charge is 2.27. The van der Waals surface area contributed by atoms with Crippen LogP contribution in [0.3, 0.4) is 0 Å². The van der Waals surface area contributed by atoms with Gasteiger partial charge in [-0.05, 0) is 38.0 Å².